The Balaban J connectivity index is 2.57. The summed E-state index contributed by atoms with van der Waals surface area (Å²) >= 11 is 0. The smallest absolute Gasteiger partial charge is 0.136 e. The highest BCUT2D eigenvalue weighted by atomic mass is 15.3. The molecule has 0 saturated heterocycles. The van der Waals surface area contributed by atoms with Gasteiger partial charge in [-0.3, -0.25) is 4.68 Å². The Kier molecular flexibility index (Phi) is 2.61. The first-order valence-electron chi connectivity index (χ1n) is 5.51. The fourth-order valence-corrected chi connectivity index (χ4v) is 1.56. The lowest BCUT2D eigenvalue weighted by molar-refractivity contribution is 0.546. The Labute approximate surface area is 101 Å². The quantitative estimate of drug-likeness (QED) is 0.811. The molecule has 2 aromatic heterocycles. The highest BCUT2D eigenvalue weighted by Crippen LogP contribution is 2.23. The molecule has 5 nitrogen and oxygen atoms in total. The number of nitrogen functional groups attached to an aromatic ring is 1. The molecule has 0 bridgehead atoms. The van der Waals surface area contributed by atoms with Gasteiger partial charge in [0.25, 0.3) is 0 Å². The maximum absolute atomic E-state index is 5.83. The third-order valence-electron chi connectivity index (χ3n) is 2.50. The van der Waals surface area contributed by atoms with E-state index in [1.54, 1.807) is 16.9 Å². The summed E-state index contributed by atoms with van der Waals surface area (Å²) in [6, 6.07) is 3.68. The number of anilines is 1. The van der Waals surface area contributed by atoms with Gasteiger partial charge in [-0.05, 0) is 6.07 Å². The van der Waals surface area contributed by atoms with Gasteiger partial charge in [0.15, 0.2) is 0 Å². The molecule has 0 fully saturated rings. The normalized spacial score (nSPS) is 11.8. The minimum atomic E-state index is -0.122. The van der Waals surface area contributed by atoms with E-state index in [1.807, 2.05) is 13.1 Å². The fraction of sp³-hybridized carbons (Fsp3) is 0.417. The van der Waals surface area contributed by atoms with Crippen LogP contribution < -0.4 is 5.73 Å². The van der Waals surface area contributed by atoms with Gasteiger partial charge < -0.3 is 5.73 Å². The lowest BCUT2D eigenvalue weighted by atomic mass is 9.95. The molecule has 2 rings (SSSR count). The molecule has 0 radical (unpaired) electrons. The SMILES string of the molecule is Cn1nccc1-c1cc(N)nc(C(C)(C)C)n1. The van der Waals surface area contributed by atoms with Crippen LogP contribution in [0, 0.1) is 0 Å². The number of aromatic nitrogens is 4. The third kappa shape index (κ3) is 2.27. The van der Waals surface area contributed by atoms with Gasteiger partial charge in [0.2, 0.25) is 0 Å². The first kappa shape index (κ1) is 11.6. The van der Waals surface area contributed by atoms with Crippen LogP contribution in [0.2, 0.25) is 0 Å². The Bertz CT molecular complexity index is 536. The van der Waals surface area contributed by atoms with Crippen molar-refractivity contribution in [2.24, 2.45) is 7.05 Å². The van der Waals surface area contributed by atoms with E-state index in [2.05, 4.69) is 35.8 Å². The molecule has 5 heteroatoms. The van der Waals surface area contributed by atoms with Gasteiger partial charge in [0, 0.05) is 24.7 Å². The third-order valence-corrected chi connectivity index (χ3v) is 2.50. The van der Waals surface area contributed by atoms with E-state index < -0.39 is 0 Å². The maximum atomic E-state index is 5.83. The van der Waals surface area contributed by atoms with E-state index in [0.29, 0.717) is 5.82 Å². The van der Waals surface area contributed by atoms with E-state index in [-0.39, 0.29) is 5.41 Å². The van der Waals surface area contributed by atoms with Crippen LogP contribution in [0.1, 0.15) is 26.6 Å². The summed E-state index contributed by atoms with van der Waals surface area (Å²) in [5.74, 6) is 1.23. The molecule has 0 spiro atoms. The molecule has 0 unspecified atom stereocenters. The van der Waals surface area contributed by atoms with Crippen molar-refractivity contribution in [3.8, 4) is 11.4 Å². The van der Waals surface area contributed by atoms with Gasteiger partial charge in [-0.2, -0.15) is 5.10 Å². The van der Waals surface area contributed by atoms with Gasteiger partial charge in [-0.1, -0.05) is 20.8 Å². The minimum Gasteiger partial charge on any atom is -0.384 e. The zero-order valence-electron chi connectivity index (χ0n) is 10.6. The summed E-state index contributed by atoms with van der Waals surface area (Å²) in [5, 5.41) is 4.13. The van der Waals surface area contributed by atoms with Crippen molar-refractivity contribution in [2.45, 2.75) is 26.2 Å². The van der Waals surface area contributed by atoms with Crippen molar-refractivity contribution in [1.82, 2.24) is 19.7 Å². The number of nitrogens with zero attached hydrogens (tertiary/aromatic N) is 4. The van der Waals surface area contributed by atoms with Crippen LogP contribution >= 0.6 is 0 Å². The molecule has 2 aromatic rings. The Hall–Kier alpha value is -1.91. The second-order valence-electron chi connectivity index (χ2n) is 5.09. The van der Waals surface area contributed by atoms with Crippen LogP contribution in [0.4, 0.5) is 5.82 Å². The monoisotopic (exact) mass is 231 g/mol. The van der Waals surface area contributed by atoms with Crippen LogP contribution in [0.3, 0.4) is 0 Å². The number of nitrogens with two attached hydrogens (primary N) is 1. The van der Waals surface area contributed by atoms with Crippen LogP contribution in [-0.2, 0) is 12.5 Å². The molecular formula is C12H17N5. The minimum absolute atomic E-state index is 0.122. The molecule has 90 valence electrons. The Morgan fingerprint density at radius 2 is 1.94 bits per heavy atom. The topological polar surface area (TPSA) is 69.6 Å². The first-order chi connectivity index (χ1) is 7.88. The highest BCUT2D eigenvalue weighted by Gasteiger charge is 2.19. The molecule has 0 aromatic carbocycles. The summed E-state index contributed by atoms with van der Waals surface area (Å²) in [6.45, 7) is 6.19. The zero-order valence-corrected chi connectivity index (χ0v) is 10.6. The van der Waals surface area contributed by atoms with Crippen LogP contribution in [0.5, 0.6) is 0 Å². The maximum Gasteiger partial charge on any atom is 0.136 e. The van der Waals surface area contributed by atoms with Gasteiger partial charge in [0.1, 0.15) is 11.6 Å². The molecule has 0 aliphatic carbocycles. The fourth-order valence-electron chi connectivity index (χ4n) is 1.56. The van der Waals surface area contributed by atoms with Crippen molar-refractivity contribution in [3.05, 3.63) is 24.2 Å². The van der Waals surface area contributed by atoms with Gasteiger partial charge in [-0.25, -0.2) is 9.97 Å². The van der Waals surface area contributed by atoms with Crippen LogP contribution in [0.25, 0.3) is 11.4 Å². The van der Waals surface area contributed by atoms with E-state index in [4.69, 9.17) is 5.73 Å². The number of hydrogen-bond donors (Lipinski definition) is 1. The molecule has 2 N–H and O–H groups in total. The van der Waals surface area contributed by atoms with Crippen molar-refractivity contribution in [2.75, 3.05) is 5.73 Å². The first-order valence-corrected chi connectivity index (χ1v) is 5.51. The average Bonchev–Trinajstić information content (AvgIpc) is 2.62. The molecule has 0 aliphatic rings. The van der Waals surface area contributed by atoms with Gasteiger partial charge in [0.05, 0.1) is 11.4 Å². The second-order valence-corrected chi connectivity index (χ2v) is 5.09. The van der Waals surface area contributed by atoms with Gasteiger partial charge in [-0.15, -0.1) is 0 Å². The van der Waals surface area contributed by atoms with Crippen LogP contribution in [0.15, 0.2) is 18.3 Å². The number of hydrogen-bond acceptors (Lipinski definition) is 4. The summed E-state index contributed by atoms with van der Waals surface area (Å²) in [4.78, 5) is 8.84. The van der Waals surface area contributed by atoms with Crippen molar-refractivity contribution in [1.29, 1.82) is 0 Å². The predicted molar refractivity (Wildman–Crippen MR) is 67.3 cm³/mol. The second kappa shape index (κ2) is 3.84. The summed E-state index contributed by atoms with van der Waals surface area (Å²) in [7, 11) is 1.88. The standard InChI is InChI=1S/C12H17N5/c1-12(2,3)11-15-8(7-10(13)16-11)9-5-6-14-17(9)4/h5-7H,1-4H3,(H2,13,15,16). The number of rotatable bonds is 1. The van der Waals surface area contributed by atoms with E-state index >= 15 is 0 Å². The predicted octanol–water partition coefficient (Wildman–Crippen LogP) is 1.76. The summed E-state index contributed by atoms with van der Waals surface area (Å²) in [5.41, 5.74) is 7.45. The molecule has 2 heterocycles. The lowest BCUT2D eigenvalue weighted by Crippen LogP contribution is -2.17. The molecular weight excluding hydrogens is 214 g/mol. The largest absolute Gasteiger partial charge is 0.384 e. The lowest BCUT2D eigenvalue weighted by Gasteiger charge is -2.17. The van der Waals surface area contributed by atoms with E-state index in [0.717, 1.165) is 17.2 Å². The summed E-state index contributed by atoms with van der Waals surface area (Å²) < 4.78 is 1.77. The van der Waals surface area contributed by atoms with Gasteiger partial charge >= 0.3 is 0 Å². The summed E-state index contributed by atoms with van der Waals surface area (Å²) in [6.07, 6.45) is 1.74. The average molecular weight is 231 g/mol. The van der Waals surface area contributed by atoms with Crippen LogP contribution in [-0.4, -0.2) is 19.7 Å². The van der Waals surface area contributed by atoms with Crippen molar-refractivity contribution < 1.29 is 0 Å². The Morgan fingerprint density at radius 3 is 2.47 bits per heavy atom. The molecule has 0 saturated carbocycles. The van der Waals surface area contributed by atoms with E-state index in [9.17, 15) is 0 Å². The zero-order chi connectivity index (χ0) is 12.6. The number of aryl methyl sites for hydroxylation is 1. The highest BCUT2D eigenvalue weighted by molar-refractivity contribution is 5.57. The van der Waals surface area contributed by atoms with E-state index in [1.165, 1.54) is 0 Å². The molecule has 17 heavy (non-hydrogen) atoms. The molecule has 0 atom stereocenters. The molecule has 0 amide bonds. The molecule has 0 aliphatic heterocycles. The Morgan fingerprint density at radius 1 is 1.24 bits per heavy atom. The van der Waals surface area contributed by atoms with Crippen molar-refractivity contribution >= 4 is 5.82 Å². The van der Waals surface area contributed by atoms with Crippen molar-refractivity contribution in [3.63, 3.8) is 0 Å².